The van der Waals surface area contributed by atoms with E-state index in [-0.39, 0.29) is 76.5 Å². The molecule has 1 aromatic heterocycles. The van der Waals surface area contributed by atoms with Crippen LogP contribution < -0.4 is 14.2 Å². The second kappa shape index (κ2) is 32.6. The van der Waals surface area contributed by atoms with Crippen molar-refractivity contribution in [2.45, 2.75) is 66.0 Å². The minimum atomic E-state index is -0.379. The molecule has 72 heavy (non-hydrogen) atoms. The summed E-state index contributed by atoms with van der Waals surface area (Å²) in [6, 6.07) is 20.9. The Hall–Kier alpha value is -7.22. The second-order valence-corrected chi connectivity index (χ2v) is 14.9. The zero-order valence-electron chi connectivity index (χ0n) is 41.5. The first-order valence-corrected chi connectivity index (χ1v) is 22.7. The van der Waals surface area contributed by atoms with E-state index in [1.54, 1.807) is 51.8 Å². The normalized spacial score (nSPS) is 10.6. The molecule has 0 radical (unpaired) electrons. The SMILES string of the molecule is CCOC(CCCc1cccc(O)c1O)OCC.CCOC(CN=Cc1cccc(O)c1O)OCC.COc1cc(Cc2cncc3c(O)c(O)ccc23)cc(OC)c1OC.Cl.O=Cc1cccc(O)c1O. The molecule has 0 atom stereocenters. The van der Waals surface area contributed by atoms with Crippen LogP contribution >= 0.6 is 12.4 Å². The van der Waals surface area contributed by atoms with E-state index in [0.717, 1.165) is 34.9 Å². The number of methoxy groups -OCH3 is 3. The van der Waals surface area contributed by atoms with E-state index in [9.17, 15) is 35.4 Å². The zero-order chi connectivity index (χ0) is 52.3. The van der Waals surface area contributed by atoms with Crippen LogP contribution in [0.2, 0.25) is 0 Å². The predicted octanol–water partition coefficient (Wildman–Crippen LogP) is 9.33. The quantitative estimate of drug-likeness (QED) is 0.0144. The number of aryl methyl sites for hydroxylation is 1. The van der Waals surface area contributed by atoms with E-state index in [2.05, 4.69) is 9.98 Å². The number of aromatic hydroxyl groups is 8. The third kappa shape index (κ3) is 18.5. The highest BCUT2D eigenvalue weighted by Gasteiger charge is 2.16. The van der Waals surface area contributed by atoms with Gasteiger partial charge in [0.1, 0.15) is 0 Å². The van der Waals surface area contributed by atoms with Crippen LogP contribution in [-0.2, 0) is 31.8 Å². The molecule has 6 aromatic rings. The van der Waals surface area contributed by atoms with Crippen LogP contribution in [0.1, 0.15) is 73.1 Å². The van der Waals surface area contributed by atoms with Gasteiger partial charge in [0.05, 0.1) is 33.4 Å². The fourth-order valence-corrected chi connectivity index (χ4v) is 6.76. The Morgan fingerprint density at radius 1 is 0.569 bits per heavy atom. The smallest absolute Gasteiger partial charge is 0.203 e. The lowest BCUT2D eigenvalue weighted by atomic mass is 9.99. The number of phenolic OH excluding ortho intramolecular Hbond substituents is 8. The number of pyridine rings is 1. The third-order valence-electron chi connectivity index (χ3n) is 10.2. The van der Waals surface area contributed by atoms with Crippen LogP contribution in [-0.4, -0.2) is 125 Å². The molecule has 8 N–H and O–H groups in total. The lowest BCUT2D eigenvalue weighted by Crippen LogP contribution is -2.20. The van der Waals surface area contributed by atoms with Gasteiger partial charge in [0.2, 0.25) is 5.75 Å². The van der Waals surface area contributed by atoms with Crippen molar-refractivity contribution in [1.82, 2.24) is 4.98 Å². The Morgan fingerprint density at radius 2 is 1.08 bits per heavy atom. The van der Waals surface area contributed by atoms with Crippen molar-refractivity contribution in [1.29, 1.82) is 0 Å². The van der Waals surface area contributed by atoms with Crippen LogP contribution in [0, 0.1) is 0 Å². The highest BCUT2D eigenvalue weighted by Crippen LogP contribution is 2.40. The van der Waals surface area contributed by atoms with E-state index in [1.165, 1.54) is 48.8 Å². The van der Waals surface area contributed by atoms with Gasteiger partial charge >= 0.3 is 0 Å². The summed E-state index contributed by atoms with van der Waals surface area (Å²) in [7, 11) is 4.70. The summed E-state index contributed by atoms with van der Waals surface area (Å²) >= 11 is 0. The molecule has 0 aliphatic rings. The first-order chi connectivity index (χ1) is 34.2. The van der Waals surface area contributed by atoms with Crippen LogP contribution in [0.15, 0.2) is 96.2 Å². The number of fused-ring (bicyclic) bond motifs is 1. The number of benzene rings is 5. The third-order valence-corrected chi connectivity index (χ3v) is 10.2. The molecule has 19 heteroatoms. The molecule has 18 nitrogen and oxygen atoms in total. The van der Waals surface area contributed by atoms with E-state index in [0.29, 0.717) is 80.3 Å². The lowest BCUT2D eigenvalue weighted by molar-refractivity contribution is -0.140. The molecule has 0 fully saturated rings. The van der Waals surface area contributed by atoms with Gasteiger partial charge in [-0.1, -0.05) is 30.3 Å². The highest BCUT2D eigenvalue weighted by atomic mass is 35.5. The van der Waals surface area contributed by atoms with Crippen molar-refractivity contribution in [2.75, 3.05) is 54.3 Å². The molecule has 0 spiro atoms. The summed E-state index contributed by atoms with van der Waals surface area (Å²) in [4.78, 5) is 18.4. The summed E-state index contributed by atoms with van der Waals surface area (Å²) in [5.41, 5.74) is 3.15. The number of hydrogen-bond donors (Lipinski definition) is 8. The van der Waals surface area contributed by atoms with Gasteiger partial charge in [-0.2, -0.15) is 0 Å². The maximum Gasteiger partial charge on any atom is 0.203 e. The Bertz CT molecular complexity index is 2560. The molecule has 1 heterocycles. The molecule has 0 unspecified atom stereocenters. The monoisotopic (exact) mass is 1020 g/mol. The minimum absolute atomic E-state index is 0. The largest absolute Gasteiger partial charge is 0.504 e. The maximum absolute atomic E-state index is 10.1. The molecule has 0 aliphatic carbocycles. The second-order valence-electron chi connectivity index (χ2n) is 14.9. The summed E-state index contributed by atoms with van der Waals surface area (Å²) in [6.45, 7) is 10.4. The summed E-state index contributed by atoms with van der Waals surface area (Å²) in [6.07, 6.45) is 7.52. The van der Waals surface area contributed by atoms with Gasteiger partial charge in [-0.25, -0.2) is 0 Å². The number of halogens is 1. The summed E-state index contributed by atoms with van der Waals surface area (Å²) in [5.74, 6) is 0.276. The van der Waals surface area contributed by atoms with E-state index in [4.69, 9.17) is 43.4 Å². The zero-order valence-corrected chi connectivity index (χ0v) is 42.3. The molecule has 0 saturated heterocycles. The van der Waals surface area contributed by atoms with Crippen LogP contribution in [0.5, 0.6) is 63.2 Å². The predicted molar refractivity (Wildman–Crippen MR) is 275 cm³/mol. The standard InChI is InChI=1S/C19H19NO5.C14H22O4.C13H19NO4.C7H6O3.ClH/c1-23-16-7-11(8-17(24-2)19(16)25-3)6-12-9-20-10-14-13(12)4-5-15(21)18(14)22;1-3-17-13(18-4-2)10-6-8-11-7-5-9-12(15)14(11)16;1-3-17-12(18-4-2)9-14-8-10-6-5-7-11(15)13(10)16;8-4-5-2-1-3-6(9)7(5)10;/h4-5,7-10,21-22H,6H2,1-3H3;5,7,9,13,15-16H,3-4,6,8,10H2,1-2H3;5-8,12,15-16H,3-4,9H2,1-2H3;1-4,9-10H;1H. The van der Waals surface area contributed by atoms with Gasteiger partial charge in [-0.3, -0.25) is 14.8 Å². The molecule has 0 amide bonds. The average molecular weight is 1020 g/mol. The highest BCUT2D eigenvalue weighted by molar-refractivity contribution is 5.92. The fourth-order valence-electron chi connectivity index (χ4n) is 6.76. The van der Waals surface area contributed by atoms with Gasteiger partial charge in [0.25, 0.3) is 0 Å². The number of nitrogens with zero attached hydrogens (tertiary/aromatic N) is 2. The van der Waals surface area contributed by atoms with Crippen LogP contribution in [0.3, 0.4) is 0 Å². The molecular formula is C53H67ClN2O16. The number of aromatic nitrogens is 1. The van der Waals surface area contributed by atoms with E-state index < -0.39 is 0 Å². The number of para-hydroxylation sites is 3. The Kier molecular flexibility index (Phi) is 27.6. The lowest BCUT2D eigenvalue weighted by Gasteiger charge is -2.16. The number of ether oxygens (including phenoxy) is 7. The van der Waals surface area contributed by atoms with Gasteiger partial charge in [-0.05, 0) is 124 Å². The van der Waals surface area contributed by atoms with Crippen molar-refractivity contribution < 1.29 is 78.8 Å². The van der Waals surface area contributed by atoms with Gasteiger partial charge < -0.3 is 74.0 Å². The van der Waals surface area contributed by atoms with Crippen molar-refractivity contribution in [3.63, 3.8) is 0 Å². The Labute approximate surface area is 425 Å². The Balaban J connectivity index is 0.000000341. The van der Waals surface area contributed by atoms with Crippen molar-refractivity contribution in [2.24, 2.45) is 4.99 Å². The molecule has 0 bridgehead atoms. The number of aliphatic imine (C=N–C) groups is 1. The molecule has 392 valence electrons. The van der Waals surface area contributed by atoms with Gasteiger partial charge in [-0.15, -0.1) is 12.4 Å². The van der Waals surface area contributed by atoms with Gasteiger partial charge in [0.15, 0.2) is 76.4 Å². The van der Waals surface area contributed by atoms with E-state index >= 15 is 0 Å². The molecule has 5 aromatic carbocycles. The first kappa shape index (κ1) is 60.9. The van der Waals surface area contributed by atoms with Crippen molar-refractivity contribution >= 4 is 35.7 Å². The van der Waals surface area contributed by atoms with Crippen molar-refractivity contribution in [3.05, 3.63) is 119 Å². The number of aldehydes is 1. The molecule has 0 aliphatic heterocycles. The molecule has 0 saturated carbocycles. The first-order valence-electron chi connectivity index (χ1n) is 22.7. The number of carbonyl (C=O) groups excluding carboxylic acids is 1. The number of phenols is 8. The average Bonchev–Trinajstić information content (AvgIpc) is 3.36. The maximum atomic E-state index is 10.1. The molecule has 6 rings (SSSR count). The van der Waals surface area contributed by atoms with Crippen LogP contribution in [0.4, 0.5) is 0 Å². The molecular weight excluding hydrogens is 956 g/mol. The minimum Gasteiger partial charge on any atom is -0.504 e. The number of carbonyl (C=O) groups is 1. The summed E-state index contributed by atoms with van der Waals surface area (Å²) in [5, 5.41) is 76.7. The van der Waals surface area contributed by atoms with E-state index in [1.807, 2.05) is 45.9 Å². The Morgan fingerprint density at radius 3 is 1.61 bits per heavy atom. The van der Waals surface area contributed by atoms with Crippen LogP contribution in [0.25, 0.3) is 10.8 Å². The van der Waals surface area contributed by atoms with Gasteiger partial charge in [0, 0.05) is 56.0 Å². The fraction of sp³-hybridized carbons (Fsp3) is 0.340. The number of rotatable bonds is 21. The number of hydrogen-bond acceptors (Lipinski definition) is 18. The van der Waals surface area contributed by atoms with Crippen molar-refractivity contribution in [3.8, 4) is 63.2 Å². The summed E-state index contributed by atoms with van der Waals surface area (Å²) < 4.78 is 37.6. The topological polar surface area (TPSA) is 269 Å².